The lowest BCUT2D eigenvalue weighted by Gasteiger charge is -2.06. The first-order valence-electron chi connectivity index (χ1n) is 2.81. The van der Waals surface area contributed by atoms with Crippen LogP contribution >= 0.6 is 0 Å². The standard InChI is InChI=1S/C6H8N2O2/c1-5(2)6(10)8(3-7)4-9/h4-5H,1-2H3. The molecule has 0 saturated heterocycles. The fraction of sp³-hybridized carbons (Fsp3) is 0.500. The monoisotopic (exact) mass is 140 g/mol. The van der Waals surface area contributed by atoms with Gasteiger partial charge in [-0.25, -0.2) is 0 Å². The van der Waals surface area contributed by atoms with E-state index in [0.29, 0.717) is 4.90 Å². The maximum Gasteiger partial charge on any atom is 0.244 e. The summed E-state index contributed by atoms with van der Waals surface area (Å²) in [6, 6.07) is 0. The third kappa shape index (κ3) is 1.86. The second kappa shape index (κ2) is 3.62. The van der Waals surface area contributed by atoms with Gasteiger partial charge in [0.15, 0.2) is 6.19 Å². The van der Waals surface area contributed by atoms with Crippen LogP contribution in [0.2, 0.25) is 0 Å². The molecular weight excluding hydrogens is 132 g/mol. The topological polar surface area (TPSA) is 61.2 Å². The average molecular weight is 140 g/mol. The Morgan fingerprint density at radius 2 is 2.20 bits per heavy atom. The highest BCUT2D eigenvalue weighted by Crippen LogP contribution is 1.96. The van der Waals surface area contributed by atoms with E-state index in [-0.39, 0.29) is 12.3 Å². The third-order valence-electron chi connectivity index (χ3n) is 0.944. The number of imide groups is 1. The van der Waals surface area contributed by atoms with Gasteiger partial charge in [-0.2, -0.15) is 10.2 Å². The van der Waals surface area contributed by atoms with Crippen LogP contribution in [0.1, 0.15) is 13.8 Å². The molecule has 0 fully saturated rings. The van der Waals surface area contributed by atoms with Crippen molar-refractivity contribution in [3.63, 3.8) is 0 Å². The van der Waals surface area contributed by atoms with Crippen LogP contribution in [0.25, 0.3) is 0 Å². The third-order valence-corrected chi connectivity index (χ3v) is 0.944. The molecule has 2 amide bonds. The van der Waals surface area contributed by atoms with E-state index in [9.17, 15) is 9.59 Å². The minimum atomic E-state index is -0.475. The van der Waals surface area contributed by atoms with Crippen molar-refractivity contribution in [3.05, 3.63) is 0 Å². The Morgan fingerprint density at radius 3 is 2.30 bits per heavy atom. The zero-order valence-electron chi connectivity index (χ0n) is 5.87. The highest BCUT2D eigenvalue weighted by molar-refractivity contribution is 5.89. The second-order valence-corrected chi connectivity index (χ2v) is 2.07. The molecule has 0 aromatic heterocycles. The van der Waals surface area contributed by atoms with Crippen LogP contribution < -0.4 is 0 Å². The maximum absolute atomic E-state index is 10.8. The quantitative estimate of drug-likeness (QED) is 0.310. The molecule has 0 spiro atoms. The molecule has 0 unspecified atom stereocenters. The van der Waals surface area contributed by atoms with E-state index in [1.54, 1.807) is 13.8 Å². The second-order valence-electron chi connectivity index (χ2n) is 2.07. The smallest absolute Gasteiger partial charge is 0.244 e. The minimum Gasteiger partial charge on any atom is -0.277 e. The summed E-state index contributed by atoms with van der Waals surface area (Å²) >= 11 is 0. The van der Waals surface area contributed by atoms with Crippen molar-refractivity contribution >= 4 is 12.3 Å². The minimum absolute atomic E-state index is 0.211. The molecule has 0 aromatic rings. The van der Waals surface area contributed by atoms with Crippen LogP contribution in [0, 0.1) is 17.4 Å². The van der Waals surface area contributed by atoms with Gasteiger partial charge in [0.2, 0.25) is 12.3 Å². The molecule has 0 aliphatic heterocycles. The Labute approximate surface area is 59.0 Å². The van der Waals surface area contributed by atoms with Crippen LogP contribution in [-0.4, -0.2) is 17.2 Å². The van der Waals surface area contributed by atoms with Gasteiger partial charge in [-0.05, 0) is 0 Å². The molecule has 4 nitrogen and oxygen atoms in total. The number of amides is 2. The van der Waals surface area contributed by atoms with Gasteiger partial charge in [-0.15, -0.1) is 0 Å². The van der Waals surface area contributed by atoms with Gasteiger partial charge in [0.25, 0.3) is 0 Å². The van der Waals surface area contributed by atoms with Gasteiger partial charge in [0.05, 0.1) is 0 Å². The Hall–Kier alpha value is -1.37. The van der Waals surface area contributed by atoms with Crippen molar-refractivity contribution in [3.8, 4) is 6.19 Å². The fourth-order valence-corrected chi connectivity index (χ4v) is 0.403. The highest BCUT2D eigenvalue weighted by Gasteiger charge is 2.14. The van der Waals surface area contributed by atoms with Gasteiger partial charge in [0, 0.05) is 5.92 Å². The summed E-state index contributed by atoms with van der Waals surface area (Å²) in [5.74, 6) is -0.789. The molecule has 0 saturated carbocycles. The zero-order chi connectivity index (χ0) is 8.15. The molecule has 0 N–H and O–H groups in total. The number of nitriles is 1. The first kappa shape index (κ1) is 8.63. The van der Waals surface area contributed by atoms with Crippen molar-refractivity contribution in [1.82, 2.24) is 4.90 Å². The molecule has 0 atom stereocenters. The zero-order valence-corrected chi connectivity index (χ0v) is 5.87. The van der Waals surface area contributed by atoms with E-state index in [1.165, 1.54) is 6.19 Å². The molecule has 54 valence electrons. The molecular formula is C6H8N2O2. The average Bonchev–Trinajstić information content (AvgIpc) is 1.90. The molecule has 0 bridgehead atoms. The molecule has 0 aliphatic rings. The summed E-state index contributed by atoms with van der Waals surface area (Å²) in [6.07, 6.45) is 1.66. The summed E-state index contributed by atoms with van der Waals surface area (Å²) in [6.45, 7) is 3.24. The summed E-state index contributed by atoms with van der Waals surface area (Å²) in [7, 11) is 0. The Morgan fingerprint density at radius 1 is 1.70 bits per heavy atom. The lowest BCUT2D eigenvalue weighted by atomic mass is 10.2. The van der Waals surface area contributed by atoms with E-state index in [0.717, 1.165) is 0 Å². The first-order chi connectivity index (χ1) is 4.63. The van der Waals surface area contributed by atoms with E-state index in [1.807, 2.05) is 0 Å². The number of rotatable bonds is 2. The van der Waals surface area contributed by atoms with E-state index in [2.05, 4.69) is 0 Å². The number of nitrogens with zero attached hydrogens (tertiary/aromatic N) is 2. The first-order valence-corrected chi connectivity index (χ1v) is 2.81. The van der Waals surface area contributed by atoms with Gasteiger partial charge in [-0.1, -0.05) is 13.8 Å². The molecule has 0 rings (SSSR count). The summed E-state index contributed by atoms with van der Waals surface area (Å²) in [4.78, 5) is 21.2. The lowest BCUT2D eigenvalue weighted by molar-refractivity contribution is -0.136. The number of carbonyl (C=O) groups excluding carboxylic acids is 2. The van der Waals surface area contributed by atoms with Crippen molar-refractivity contribution in [2.45, 2.75) is 13.8 Å². The van der Waals surface area contributed by atoms with Crippen molar-refractivity contribution in [2.75, 3.05) is 0 Å². The van der Waals surface area contributed by atoms with E-state index in [4.69, 9.17) is 5.26 Å². The largest absolute Gasteiger partial charge is 0.277 e. The number of hydrogen-bond acceptors (Lipinski definition) is 3. The van der Waals surface area contributed by atoms with Crippen LogP contribution in [-0.2, 0) is 9.59 Å². The van der Waals surface area contributed by atoms with Gasteiger partial charge < -0.3 is 0 Å². The Bertz CT molecular complexity index is 181. The SMILES string of the molecule is CC(C)C(=O)N(C#N)C=O. The van der Waals surface area contributed by atoms with Crippen LogP contribution in [0.3, 0.4) is 0 Å². The summed E-state index contributed by atoms with van der Waals surface area (Å²) < 4.78 is 0. The van der Waals surface area contributed by atoms with Crippen molar-refractivity contribution < 1.29 is 9.59 Å². The highest BCUT2D eigenvalue weighted by atomic mass is 16.2. The fourth-order valence-electron chi connectivity index (χ4n) is 0.403. The summed E-state index contributed by atoms with van der Waals surface area (Å²) in [5.41, 5.74) is 0. The number of hydrogen-bond donors (Lipinski definition) is 0. The van der Waals surface area contributed by atoms with Crippen LogP contribution in [0.15, 0.2) is 0 Å². The van der Waals surface area contributed by atoms with Gasteiger partial charge >= 0.3 is 0 Å². The van der Waals surface area contributed by atoms with Crippen molar-refractivity contribution in [1.29, 1.82) is 5.26 Å². The number of carbonyl (C=O) groups is 2. The Kier molecular flexibility index (Phi) is 3.12. The molecule has 4 heteroatoms. The van der Waals surface area contributed by atoms with Crippen LogP contribution in [0.5, 0.6) is 0 Å². The molecule has 0 radical (unpaired) electrons. The summed E-state index contributed by atoms with van der Waals surface area (Å²) in [5, 5.41) is 8.17. The van der Waals surface area contributed by atoms with Gasteiger partial charge in [-0.3, -0.25) is 9.59 Å². The van der Waals surface area contributed by atoms with Crippen LogP contribution in [0.4, 0.5) is 0 Å². The Balaban J connectivity index is 4.20. The predicted octanol–water partition coefficient (Wildman–Crippen LogP) is 0.108. The van der Waals surface area contributed by atoms with E-state index >= 15 is 0 Å². The lowest BCUT2D eigenvalue weighted by Crippen LogP contribution is -2.28. The molecule has 0 heterocycles. The van der Waals surface area contributed by atoms with Crippen molar-refractivity contribution in [2.24, 2.45) is 5.92 Å². The van der Waals surface area contributed by atoms with E-state index < -0.39 is 5.91 Å². The normalized spacial score (nSPS) is 8.60. The molecule has 0 aromatic carbocycles. The predicted molar refractivity (Wildman–Crippen MR) is 33.4 cm³/mol. The molecule has 10 heavy (non-hydrogen) atoms. The molecule has 0 aliphatic carbocycles. The van der Waals surface area contributed by atoms with Gasteiger partial charge in [0.1, 0.15) is 0 Å². The maximum atomic E-state index is 10.8.